The van der Waals surface area contributed by atoms with Crippen LogP contribution in [0.2, 0.25) is 5.02 Å². The van der Waals surface area contributed by atoms with Crippen molar-refractivity contribution in [1.29, 1.82) is 0 Å². The molecule has 0 heterocycles. The van der Waals surface area contributed by atoms with E-state index in [0.717, 1.165) is 17.1 Å². The zero-order valence-corrected chi connectivity index (χ0v) is 15.3. The smallest absolute Gasteiger partial charge is 0.221 e. The van der Waals surface area contributed by atoms with Crippen molar-refractivity contribution in [2.45, 2.75) is 33.6 Å². The highest BCUT2D eigenvalue weighted by molar-refractivity contribution is 6.30. The topological polar surface area (TPSA) is 41.1 Å². The summed E-state index contributed by atoms with van der Waals surface area (Å²) in [6.45, 7) is 7.56. The van der Waals surface area contributed by atoms with Gasteiger partial charge in [0.05, 0.1) is 0 Å². The molecule has 0 spiro atoms. The number of halogens is 1. The molecular weight excluding hydrogens is 320 g/mol. The van der Waals surface area contributed by atoms with E-state index in [1.807, 2.05) is 24.3 Å². The average molecular weight is 345 g/mol. The number of carbonyl (C=O) groups is 1. The van der Waals surface area contributed by atoms with Gasteiger partial charge < -0.3 is 10.6 Å². The van der Waals surface area contributed by atoms with Gasteiger partial charge in [-0.25, -0.2) is 0 Å². The summed E-state index contributed by atoms with van der Waals surface area (Å²) in [5.41, 5.74) is 6.00. The number of hydrogen-bond acceptors (Lipinski definition) is 2. The molecule has 24 heavy (non-hydrogen) atoms. The van der Waals surface area contributed by atoms with Gasteiger partial charge in [0.2, 0.25) is 5.91 Å². The molecule has 0 bridgehead atoms. The van der Waals surface area contributed by atoms with E-state index in [1.54, 1.807) is 0 Å². The normalized spacial score (nSPS) is 10.5. The van der Waals surface area contributed by atoms with Gasteiger partial charge in [-0.3, -0.25) is 4.79 Å². The molecule has 0 aliphatic rings. The Balaban J connectivity index is 1.71. The molecular formula is C20H25ClN2O. The number of anilines is 1. The molecule has 0 aromatic heterocycles. The Morgan fingerprint density at radius 1 is 1.00 bits per heavy atom. The monoisotopic (exact) mass is 344 g/mol. The molecule has 2 aromatic rings. The van der Waals surface area contributed by atoms with Crippen molar-refractivity contribution >= 4 is 23.2 Å². The molecule has 0 aliphatic carbocycles. The highest BCUT2D eigenvalue weighted by Crippen LogP contribution is 2.21. The van der Waals surface area contributed by atoms with Crippen molar-refractivity contribution in [2.24, 2.45) is 0 Å². The summed E-state index contributed by atoms with van der Waals surface area (Å²) in [5.74, 6) is 0.0684. The SMILES string of the molecule is Cc1cc(C)c(NCCC(=O)NCCc2ccc(Cl)cc2)c(C)c1. The third-order valence-electron chi connectivity index (χ3n) is 3.98. The fourth-order valence-electron chi connectivity index (χ4n) is 2.85. The average Bonchev–Trinajstić information content (AvgIpc) is 2.52. The zero-order chi connectivity index (χ0) is 17.5. The second-order valence-electron chi connectivity index (χ2n) is 6.18. The van der Waals surface area contributed by atoms with Gasteiger partial charge in [0.1, 0.15) is 0 Å². The largest absolute Gasteiger partial charge is 0.384 e. The molecule has 0 aliphatic heterocycles. The molecule has 1 amide bonds. The first-order valence-electron chi connectivity index (χ1n) is 8.28. The first kappa shape index (κ1) is 18.3. The summed E-state index contributed by atoms with van der Waals surface area (Å²) in [5, 5.41) is 7.07. The minimum atomic E-state index is 0.0684. The van der Waals surface area contributed by atoms with Gasteiger partial charge in [-0.2, -0.15) is 0 Å². The maximum Gasteiger partial charge on any atom is 0.221 e. The number of amides is 1. The predicted molar refractivity (Wildman–Crippen MR) is 102 cm³/mol. The van der Waals surface area contributed by atoms with Gasteiger partial charge >= 0.3 is 0 Å². The molecule has 0 unspecified atom stereocenters. The Kier molecular flexibility index (Phi) is 6.68. The maximum atomic E-state index is 11.9. The summed E-state index contributed by atoms with van der Waals surface area (Å²) in [4.78, 5) is 11.9. The molecule has 4 heteroatoms. The van der Waals surface area contributed by atoms with Gasteiger partial charge in [0.25, 0.3) is 0 Å². The number of nitrogens with one attached hydrogen (secondary N) is 2. The van der Waals surface area contributed by atoms with Crippen molar-refractivity contribution in [2.75, 3.05) is 18.4 Å². The van der Waals surface area contributed by atoms with Crippen molar-refractivity contribution in [3.05, 3.63) is 63.7 Å². The first-order chi connectivity index (χ1) is 11.5. The molecule has 0 radical (unpaired) electrons. The van der Waals surface area contributed by atoms with E-state index in [0.29, 0.717) is 19.5 Å². The summed E-state index contributed by atoms with van der Waals surface area (Å²) in [6, 6.07) is 12.0. The fourth-order valence-corrected chi connectivity index (χ4v) is 2.97. The third kappa shape index (κ3) is 5.57. The fraction of sp³-hybridized carbons (Fsp3) is 0.350. The van der Waals surface area contributed by atoms with Crippen molar-refractivity contribution in [3.63, 3.8) is 0 Å². The van der Waals surface area contributed by atoms with E-state index in [1.165, 1.54) is 22.3 Å². The second-order valence-corrected chi connectivity index (χ2v) is 6.61. The lowest BCUT2D eigenvalue weighted by Gasteiger charge is -2.14. The van der Waals surface area contributed by atoms with Crippen molar-refractivity contribution < 1.29 is 4.79 Å². The van der Waals surface area contributed by atoms with E-state index in [2.05, 4.69) is 43.5 Å². The van der Waals surface area contributed by atoms with E-state index in [-0.39, 0.29) is 5.91 Å². The van der Waals surface area contributed by atoms with Crippen LogP contribution in [-0.4, -0.2) is 19.0 Å². The lowest BCUT2D eigenvalue weighted by atomic mass is 10.1. The highest BCUT2D eigenvalue weighted by atomic mass is 35.5. The molecule has 3 nitrogen and oxygen atoms in total. The summed E-state index contributed by atoms with van der Waals surface area (Å²) in [7, 11) is 0. The Bertz CT molecular complexity index is 672. The first-order valence-corrected chi connectivity index (χ1v) is 8.66. The minimum absolute atomic E-state index is 0.0684. The van der Waals surface area contributed by atoms with Gasteiger partial charge in [-0.05, 0) is 56.0 Å². The quantitative estimate of drug-likeness (QED) is 0.780. The minimum Gasteiger partial charge on any atom is -0.384 e. The molecule has 128 valence electrons. The van der Waals surface area contributed by atoms with Crippen LogP contribution in [0.15, 0.2) is 36.4 Å². The van der Waals surface area contributed by atoms with Crippen LogP contribution in [0.3, 0.4) is 0 Å². The van der Waals surface area contributed by atoms with Gasteiger partial charge in [-0.1, -0.05) is 41.4 Å². The molecule has 0 fully saturated rings. The van der Waals surface area contributed by atoms with Gasteiger partial charge in [0.15, 0.2) is 0 Å². The predicted octanol–water partition coefficient (Wildman–Crippen LogP) is 4.43. The van der Waals surface area contributed by atoms with Gasteiger partial charge in [0, 0.05) is 30.2 Å². The number of aryl methyl sites for hydroxylation is 3. The Morgan fingerprint density at radius 2 is 1.62 bits per heavy atom. The van der Waals surface area contributed by atoms with Crippen LogP contribution < -0.4 is 10.6 Å². The Morgan fingerprint density at radius 3 is 2.25 bits per heavy atom. The summed E-state index contributed by atoms with van der Waals surface area (Å²) >= 11 is 5.86. The van der Waals surface area contributed by atoms with Crippen LogP contribution in [0.5, 0.6) is 0 Å². The zero-order valence-electron chi connectivity index (χ0n) is 14.6. The standard InChI is InChI=1S/C20H25ClN2O/c1-14-12-15(2)20(16(3)13-14)23-11-9-19(24)22-10-8-17-4-6-18(21)7-5-17/h4-7,12-13,23H,8-11H2,1-3H3,(H,22,24). The highest BCUT2D eigenvalue weighted by Gasteiger charge is 2.05. The number of carbonyl (C=O) groups excluding carboxylic acids is 1. The Labute approximate surface area is 149 Å². The van der Waals surface area contributed by atoms with Crippen molar-refractivity contribution in [1.82, 2.24) is 5.32 Å². The van der Waals surface area contributed by atoms with E-state index < -0.39 is 0 Å². The van der Waals surface area contributed by atoms with Crippen LogP contribution in [0.25, 0.3) is 0 Å². The molecule has 0 saturated carbocycles. The maximum absolute atomic E-state index is 11.9. The number of rotatable bonds is 7. The lowest BCUT2D eigenvalue weighted by molar-refractivity contribution is -0.120. The van der Waals surface area contributed by atoms with Crippen LogP contribution in [0.1, 0.15) is 28.7 Å². The van der Waals surface area contributed by atoms with E-state index in [4.69, 9.17) is 11.6 Å². The van der Waals surface area contributed by atoms with Crippen LogP contribution in [0, 0.1) is 20.8 Å². The molecule has 0 saturated heterocycles. The second kappa shape index (κ2) is 8.74. The molecule has 0 atom stereocenters. The lowest BCUT2D eigenvalue weighted by Crippen LogP contribution is -2.27. The third-order valence-corrected chi connectivity index (χ3v) is 4.23. The van der Waals surface area contributed by atoms with Crippen LogP contribution >= 0.6 is 11.6 Å². The van der Waals surface area contributed by atoms with E-state index in [9.17, 15) is 4.79 Å². The molecule has 2 rings (SSSR count). The summed E-state index contributed by atoms with van der Waals surface area (Å²) in [6.07, 6.45) is 1.28. The number of hydrogen-bond donors (Lipinski definition) is 2. The molecule has 2 aromatic carbocycles. The van der Waals surface area contributed by atoms with E-state index >= 15 is 0 Å². The van der Waals surface area contributed by atoms with Crippen LogP contribution in [-0.2, 0) is 11.2 Å². The van der Waals surface area contributed by atoms with Crippen LogP contribution in [0.4, 0.5) is 5.69 Å². The Hall–Kier alpha value is -2.00. The van der Waals surface area contributed by atoms with Crippen molar-refractivity contribution in [3.8, 4) is 0 Å². The number of benzene rings is 2. The van der Waals surface area contributed by atoms with Gasteiger partial charge in [-0.15, -0.1) is 0 Å². The molecule has 2 N–H and O–H groups in total. The summed E-state index contributed by atoms with van der Waals surface area (Å²) < 4.78 is 0.